The van der Waals surface area contributed by atoms with Gasteiger partial charge in [-0.25, -0.2) is 0 Å². The molecule has 0 aliphatic carbocycles. The highest BCUT2D eigenvalue weighted by molar-refractivity contribution is 6.52. The van der Waals surface area contributed by atoms with Gasteiger partial charge in [0.1, 0.15) is 0 Å². The standard InChI is InChI=1S/C9H14N2OSi/c10-4-3-9(7-11)8-13-6-2-1-5-12-13/h9,13H,1-3,5-6,8H2. The molecule has 2 atom stereocenters. The van der Waals surface area contributed by atoms with Crippen molar-refractivity contribution in [3.05, 3.63) is 0 Å². The number of nitrogens with zero attached hydrogens (tertiary/aromatic N) is 2. The minimum atomic E-state index is -1.11. The molecule has 1 aliphatic rings. The van der Waals surface area contributed by atoms with Gasteiger partial charge >= 0.3 is 0 Å². The van der Waals surface area contributed by atoms with Gasteiger partial charge in [-0.3, -0.25) is 0 Å². The summed E-state index contributed by atoms with van der Waals surface area (Å²) >= 11 is 0. The van der Waals surface area contributed by atoms with E-state index in [2.05, 4.69) is 12.1 Å². The average Bonchev–Trinajstić information content (AvgIpc) is 2.19. The summed E-state index contributed by atoms with van der Waals surface area (Å²) in [5.74, 6) is -0.0835. The van der Waals surface area contributed by atoms with Gasteiger partial charge in [-0.15, -0.1) is 0 Å². The molecule has 0 saturated carbocycles. The van der Waals surface area contributed by atoms with Gasteiger partial charge in [0.2, 0.25) is 0 Å². The molecule has 0 aromatic rings. The van der Waals surface area contributed by atoms with Gasteiger partial charge in [0, 0.05) is 6.61 Å². The molecule has 0 aromatic carbocycles. The summed E-state index contributed by atoms with van der Waals surface area (Å²) < 4.78 is 5.63. The van der Waals surface area contributed by atoms with Gasteiger partial charge in [-0.2, -0.15) is 10.5 Å². The first-order valence-corrected chi connectivity index (χ1v) is 6.85. The lowest BCUT2D eigenvalue weighted by atomic mass is 10.1. The Labute approximate surface area is 80.7 Å². The minimum absolute atomic E-state index is 0.0835. The van der Waals surface area contributed by atoms with Crippen LogP contribution in [0.3, 0.4) is 0 Å². The van der Waals surface area contributed by atoms with Crippen LogP contribution in [0.15, 0.2) is 0 Å². The van der Waals surface area contributed by atoms with E-state index in [9.17, 15) is 0 Å². The molecule has 1 fully saturated rings. The summed E-state index contributed by atoms with van der Waals surface area (Å²) in [6.07, 6.45) is 2.78. The van der Waals surface area contributed by atoms with Crippen LogP contribution in [0.2, 0.25) is 12.1 Å². The zero-order chi connectivity index (χ0) is 9.52. The molecular formula is C9H14N2OSi. The second-order valence-corrected chi connectivity index (χ2v) is 6.04. The van der Waals surface area contributed by atoms with E-state index in [4.69, 9.17) is 14.9 Å². The zero-order valence-electron chi connectivity index (χ0n) is 7.70. The predicted molar refractivity (Wildman–Crippen MR) is 51.3 cm³/mol. The Bertz CT molecular complexity index is 225. The number of rotatable bonds is 3. The SMILES string of the molecule is N#CCC(C#N)C[SiH]1CCCCO1. The zero-order valence-corrected chi connectivity index (χ0v) is 8.85. The van der Waals surface area contributed by atoms with Crippen LogP contribution < -0.4 is 0 Å². The molecule has 0 aromatic heterocycles. The van der Waals surface area contributed by atoms with E-state index >= 15 is 0 Å². The van der Waals surface area contributed by atoms with Crippen molar-refractivity contribution < 1.29 is 4.43 Å². The van der Waals surface area contributed by atoms with Crippen molar-refractivity contribution in [2.45, 2.75) is 31.4 Å². The topological polar surface area (TPSA) is 56.8 Å². The molecule has 0 amide bonds. The van der Waals surface area contributed by atoms with E-state index in [1.807, 2.05) is 0 Å². The number of hydrogen-bond acceptors (Lipinski definition) is 3. The monoisotopic (exact) mass is 194 g/mol. The number of nitriles is 2. The summed E-state index contributed by atoms with van der Waals surface area (Å²) in [5.41, 5.74) is 0. The molecule has 0 radical (unpaired) electrons. The van der Waals surface area contributed by atoms with Gasteiger partial charge in [-0.1, -0.05) is 6.42 Å². The van der Waals surface area contributed by atoms with Crippen molar-refractivity contribution in [1.29, 1.82) is 10.5 Å². The third-order valence-electron chi connectivity index (χ3n) is 2.34. The fraction of sp³-hybridized carbons (Fsp3) is 0.778. The maximum absolute atomic E-state index is 8.75. The molecule has 0 N–H and O–H groups in total. The highest BCUT2D eigenvalue weighted by Gasteiger charge is 2.20. The molecular weight excluding hydrogens is 180 g/mol. The predicted octanol–water partition coefficient (Wildman–Crippen LogP) is 1.57. The summed E-state index contributed by atoms with van der Waals surface area (Å²) in [6.45, 7) is 0.877. The summed E-state index contributed by atoms with van der Waals surface area (Å²) in [7, 11) is -1.11. The summed E-state index contributed by atoms with van der Waals surface area (Å²) in [6, 6.07) is 6.28. The third kappa shape index (κ3) is 3.58. The van der Waals surface area contributed by atoms with Crippen molar-refractivity contribution in [2.75, 3.05) is 6.61 Å². The first-order chi connectivity index (χ1) is 6.36. The second kappa shape index (κ2) is 5.74. The van der Waals surface area contributed by atoms with Gasteiger partial charge in [0.15, 0.2) is 9.04 Å². The van der Waals surface area contributed by atoms with Gasteiger partial charge in [0.25, 0.3) is 0 Å². The van der Waals surface area contributed by atoms with E-state index in [1.165, 1.54) is 18.9 Å². The van der Waals surface area contributed by atoms with Crippen molar-refractivity contribution in [3.63, 3.8) is 0 Å². The van der Waals surface area contributed by atoms with Crippen LogP contribution in [0, 0.1) is 28.6 Å². The van der Waals surface area contributed by atoms with Crippen molar-refractivity contribution >= 4 is 9.04 Å². The Morgan fingerprint density at radius 1 is 1.38 bits per heavy atom. The maximum atomic E-state index is 8.75. The minimum Gasteiger partial charge on any atom is -0.420 e. The van der Waals surface area contributed by atoms with E-state index in [-0.39, 0.29) is 5.92 Å². The molecule has 13 heavy (non-hydrogen) atoms. The molecule has 1 rings (SSSR count). The summed E-state index contributed by atoms with van der Waals surface area (Å²) in [5, 5.41) is 17.2. The van der Waals surface area contributed by atoms with Crippen molar-refractivity contribution in [1.82, 2.24) is 0 Å². The highest BCUT2D eigenvalue weighted by atomic mass is 28.3. The molecule has 0 bridgehead atoms. The van der Waals surface area contributed by atoms with Crippen LogP contribution in [0.5, 0.6) is 0 Å². The summed E-state index contributed by atoms with van der Waals surface area (Å²) in [4.78, 5) is 0. The fourth-order valence-corrected chi connectivity index (χ4v) is 4.29. The smallest absolute Gasteiger partial charge is 0.178 e. The van der Waals surface area contributed by atoms with Gasteiger partial charge in [-0.05, 0) is 18.5 Å². The average molecular weight is 194 g/mol. The van der Waals surface area contributed by atoms with Gasteiger partial charge in [0.05, 0.1) is 24.5 Å². The van der Waals surface area contributed by atoms with Crippen LogP contribution in [0.1, 0.15) is 19.3 Å². The Morgan fingerprint density at radius 3 is 2.77 bits per heavy atom. The van der Waals surface area contributed by atoms with Crippen molar-refractivity contribution in [2.24, 2.45) is 5.92 Å². The maximum Gasteiger partial charge on any atom is 0.178 e. The lowest BCUT2D eigenvalue weighted by molar-refractivity contribution is 0.284. The third-order valence-corrected chi connectivity index (χ3v) is 5.20. The van der Waals surface area contributed by atoms with Crippen LogP contribution in [-0.4, -0.2) is 15.6 Å². The molecule has 2 unspecified atom stereocenters. The quantitative estimate of drug-likeness (QED) is 0.641. The second-order valence-electron chi connectivity index (χ2n) is 3.41. The van der Waals surface area contributed by atoms with Crippen LogP contribution in [0.25, 0.3) is 0 Å². The Balaban J connectivity index is 2.29. The van der Waals surface area contributed by atoms with Gasteiger partial charge < -0.3 is 4.43 Å². The van der Waals surface area contributed by atoms with E-state index in [0.717, 1.165) is 12.7 Å². The van der Waals surface area contributed by atoms with Crippen LogP contribution >= 0.6 is 0 Å². The highest BCUT2D eigenvalue weighted by Crippen LogP contribution is 2.19. The van der Waals surface area contributed by atoms with Crippen LogP contribution in [-0.2, 0) is 4.43 Å². The molecule has 1 heterocycles. The van der Waals surface area contributed by atoms with E-state index < -0.39 is 9.04 Å². The molecule has 4 heteroatoms. The molecule has 1 aliphatic heterocycles. The van der Waals surface area contributed by atoms with E-state index in [1.54, 1.807) is 0 Å². The van der Waals surface area contributed by atoms with Crippen LogP contribution in [0.4, 0.5) is 0 Å². The first-order valence-electron chi connectivity index (χ1n) is 4.75. The largest absolute Gasteiger partial charge is 0.420 e. The Hall–Kier alpha value is -0.843. The first kappa shape index (κ1) is 10.2. The van der Waals surface area contributed by atoms with Crippen molar-refractivity contribution in [3.8, 4) is 12.1 Å². The van der Waals surface area contributed by atoms with E-state index in [0.29, 0.717) is 6.42 Å². The lowest BCUT2D eigenvalue weighted by Gasteiger charge is -2.21. The normalized spacial score (nSPS) is 24.3. The molecule has 1 saturated heterocycles. The molecule has 70 valence electrons. The lowest BCUT2D eigenvalue weighted by Crippen LogP contribution is -2.25. The fourth-order valence-electron chi connectivity index (χ4n) is 1.60. The Morgan fingerprint density at radius 2 is 2.23 bits per heavy atom. The number of hydrogen-bond donors (Lipinski definition) is 0. The molecule has 0 spiro atoms. The Kier molecular flexibility index (Phi) is 4.52. The molecule has 3 nitrogen and oxygen atoms in total.